The molecular weight excluding hydrogens is 234 g/mol. The molecule has 3 heteroatoms. The minimum atomic E-state index is -0.741. The first-order valence-corrected chi connectivity index (χ1v) is 6.57. The number of carbonyl (C=O) groups excluding carboxylic acids is 1. The molecule has 0 radical (unpaired) electrons. The van der Waals surface area contributed by atoms with E-state index in [-0.39, 0.29) is 11.3 Å². The molecule has 18 heavy (non-hydrogen) atoms. The fourth-order valence-corrected chi connectivity index (χ4v) is 2.64. The molecule has 1 saturated carbocycles. The third-order valence-corrected chi connectivity index (χ3v) is 3.80. The van der Waals surface area contributed by atoms with Gasteiger partial charge >= 0.3 is 0 Å². The lowest BCUT2D eigenvalue weighted by atomic mass is 9.96. The monoisotopic (exact) mass is 252 g/mol. The number of hydrogen-bond donors (Lipinski definition) is 0. The predicted molar refractivity (Wildman–Crippen MR) is 66.6 cm³/mol. The average Bonchev–Trinajstić information content (AvgIpc) is 2.84. The van der Waals surface area contributed by atoms with Crippen LogP contribution in [0.3, 0.4) is 0 Å². The van der Waals surface area contributed by atoms with Crippen LogP contribution < -0.4 is 0 Å². The van der Waals surface area contributed by atoms with Gasteiger partial charge in [-0.1, -0.05) is 25.7 Å². The Hall–Kier alpha value is -1.25. The van der Waals surface area contributed by atoms with Crippen LogP contribution in [0.5, 0.6) is 0 Å². The molecule has 1 aromatic rings. The van der Waals surface area contributed by atoms with Gasteiger partial charge in [0.2, 0.25) is 0 Å². The fourth-order valence-electron chi connectivity index (χ4n) is 2.64. The number of Topliss-reactive ketones (excluding diaryl/α,β-unsaturated/α-hetero) is 1. The number of benzene rings is 1. The lowest BCUT2D eigenvalue weighted by molar-refractivity contribution is 0.0970. The second-order valence-electron chi connectivity index (χ2n) is 5.19. The molecule has 0 saturated heterocycles. The van der Waals surface area contributed by atoms with E-state index in [2.05, 4.69) is 0 Å². The highest BCUT2D eigenvalue weighted by Crippen LogP contribution is 2.29. The largest absolute Gasteiger partial charge is 0.294 e. The summed E-state index contributed by atoms with van der Waals surface area (Å²) < 4.78 is 26.6. The van der Waals surface area contributed by atoms with Crippen LogP contribution in [0.1, 0.15) is 54.4 Å². The lowest BCUT2D eigenvalue weighted by Gasteiger charge is -2.09. The lowest BCUT2D eigenvalue weighted by Crippen LogP contribution is -2.06. The van der Waals surface area contributed by atoms with Crippen molar-refractivity contribution in [1.82, 2.24) is 0 Å². The number of aryl methyl sites for hydroxylation is 1. The van der Waals surface area contributed by atoms with Crippen LogP contribution in [0.15, 0.2) is 12.1 Å². The molecule has 0 atom stereocenters. The van der Waals surface area contributed by atoms with Gasteiger partial charge in [0.25, 0.3) is 0 Å². The first-order valence-electron chi connectivity index (χ1n) is 6.57. The number of hydrogen-bond acceptors (Lipinski definition) is 1. The van der Waals surface area contributed by atoms with Crippen molar-refractivity contribution in [1.29, 1.82) is 0 Å². The van der Waals surface area contributed by atoms with Crippen molar-refractivity contribution >= 4 is 5.78 Å². The van der Waals surface area contributed by atoms with Crippen LogP contribution in [0, 0.1) is 24.5 Å². The van der Waals surface area contributed by atoms with E-state index in [0.717, 1.165) is 12.5 Å². The van der Waals surface area contributed by atoms with Gasteiger partial charge in [-0.3, -0.25) is 4.79 Å². The molecule has 2 rings (SSSR count). The maximum Gasteiger partial charge on any atom is 0.165 e. The van der Waals surface area contributed by atoms with E-state index >= 15 is 0 Å². The normalized spacial score (nSPS) is 16.2. The summed E-state index contributed by atoms with van der Waals surface area (Å²) in [7, 11) is 0. The molecule has 1 aromatic carbocycles. The zero-order chi connectivity index (χ0) is 13.1. The molecule has 0 N–H and O–H groups in total. The van der Waals surface area contributed by atoms with Crippen LogP contribution in [-0.4, -0.2) is 5.78 Å². The number of rotatable bonds is 4. The summed E-state index contributed by atoms with van der Waals surface area (Å²) in [6.07, 6.45) is 6.03. The molecule has 1 nitrogen and oxygen atoms in total. The molecule has 1 aliphatic rings. The maximum absolute atomic E-state index is 13.5. The molecule has 0 aliphatic heterocycles. The Kier molecular flexibility index (Phi) is 4.10. The van der Waals surface area contributed by atoms with Crippen molar-refractivity contribution in [3.05, 3.63) is 34.9 Å². The van der Waals surface area contributed by atoms with Gasteiger partial charge in [0.1, 0.15) is 11.6 Å². The van der Waals surface area contributed by atoms with Crippen LogP contribution in [0.4, 0.5) is 8.78 Å². The summed E-state index contributed by atoms with van der Waals surface area (Å²) in [6.45, 7) is 1.54. The van der Waals surface area contributed by atoms with Crippen LogP contribution in [0.25, 0.3) is 0 Å². The van der Waals surface area contributed by atoms with Gasteiger partial charge in [0.15, 0.2) is 5.78 Å². The van der Waals surface area contributed by atoms with Crippen molar-refractivity contribution in [3.63, 3.8) is 0 Å². The molecule has 0 amide bonds. The second-order valence-corrected chi connectivity index (χ2v) is 5.19. The zero-order valence-corrected chi connectivity index (χ0v) is 10.6. The third-order valence-electron chi connectivity index (χ3n) is 3.80. The number of ketones is 1. The van der Waals surface area contributed by atoms with Crippen molar-refractivity contribution in [2.24, 2.45) is 5.92 Å². The fraction of sp³-hybridized carbons (Fsp3) is 0.533. The van der Waals surface area contributed by atoms with E-state index in [4.69, 9.17) is 0 Å². The number of carbonyl (C=O) groups is 1. The Morgan fingerprint density at radius 3 is 2.56 bits per heavy atom. The Morgan fingerprint density at radius 1 is 1.22 bits per heavy atom. The minimum absolute atomic E-state index is 0.0342. The molecule has 0 bridgehead atoms. The van der Waals surface area contributed by atoms with E-state index in [1.807, 2.05) is 0 Å². The zero-order valence-electron chi connectivity index (χ0n) is 10.6. The highest BCUT2D eigenvalue weighted by atomic mass is 19.1. The predicted octanol–water partition coefficient (Wildman–Crippen LogP) is 4.43. The molecule has 0 spiro atoms. The highest BCUT2D eigenvalue weighted by molar-refractivity contribution is 5.96. The molecule has 0 unspecified atom stereocenters. The van der Waals surface area contributed by atoms with Crippen molar-refractivity contribution in [2.75, 3.05) is 0 Å². The SMILES string of the molecule is Cc1cc(C(=O)CCC2CCCC2)c(F)cc1F. The van der Waals surface area contributed by atoms with Crippen LogP contribution in [-0.2, 0) is 0 Å². The van der Waals surface area contributed by atoms with Gasteiger partial charge in [0.05, 0.1) is 5.56 Å². The Labute approximate surface area is 106 Å². The molecule has 98 valence electrons. The van der Waals surface area contributed by atoms with E-state index in [9.17, 15) is 13.6 Å². The topological polar surface area (TPSA) is 17.1 Å². The van der Waals surface area contributed by atoms with Gasteiger partial charge in [-0.05, 0) is 30.9 Å². The van der Waals surface area contributed by atoms with E-state index in [1.54, 1.807) is 6.92 Å². The summed E-state index contributed by atoms with van der Waals surface area (Å²) in [5, 5.41) is 0. The van der Waals surface area contributed by atoms with Crippen molar-refractivity contribution < 1.29 is 13.6 Å². The van der Waals surface area contributed by atoms with Gasteiger partial charge in [-0.25, -0.2) is 8.78 Å². The van der Waals surface area contributed by atoms with Crippen molar-refractivity contribution in [2.45, 2.75) is 45.4 Å². The van der Waals surface area contributed by atoms with Gasteiger partial charge in [-0.2, -0.15) is 0 Å². The van der Waals surface area contributed by atoms with E-state index in [0.29, 0.717) is 17.9 Å². The van der Waals surface area contributed by atoms with Crippen molar-refractivity contribution in [3.8, 4) is 0 Å². The molecule has 1 aliphatic carbocycles. The molecule has 0 aromatic heterocycles. The van der Waals surface area contributed by atoms with Crippen LogP contribution >= 0.6 is 0 Å². The van der Waals surface area contributed by atoms with Gasteiger partial charge < -0.3 is 0 Å². The van der Waals surface area contributed by atoms with Gasteiger partial charge in [0, 0.05) is 12.5 Å². The summed E-state index contributed by atoms with van der Waals surface area (Å²) in [4.78, 5) is 11.9. The molecule has 1 fully saturated rings. The second kappa shape index (κ2) is 5.59. The Balaban J connectivity index is 2.01. The number of halogens is 2. The highest BCUT2D eigenvalue weighted by Gasteiger charge is 2.19. The Morgan fingerprint density at radius 2 is 1.89 bits per heavy atom. The van der Waals surface area contributed by atoms with Gasteiger partial charge in [-0.15, -0.1) is 0 Å². The quantitative estimate of drug-likeness (QED) is 0.725. The standard InChI is InChI=1S/C15H18F2O/c1-10-8-12(14(17)9-13(10)16)15(18)7-6-11-4-2-3-5-11/h8-9,11H,2-7H2,1H3. The first-order chi connectivity index (χ1) is 8.58. The minimum Gasteiger partial charge on any atom is -0.294 e. The summed E-state index contributed by atoms with van der Waals surface area (Å²) >= 11 is 0. The summed E-state index contributed by atoms with van der Waals surface area (Å²) in [5.74, 6) is -0.935. The molecular formula is C15H18F2O. The smallest absolute Gasteiger partial charge is 0.165 e. The summed E-state index contributed by atoms with van der Waals surface area (Å²) in [5.41, 5.74) is 0.354. The summed E-state index contributed by atoms with van der Waals surface area (Å²) in [6, 6.07) is 2.12. The third kappa shape index (κ3) is 2.95. The molecule has 0 heterocycles. The van der Waals surface area contributed by atoms with Crippen LogP contribution in [0.2, 0.25) is 0 Å². The maximum atomic E-state index is 13.5. The first kappa shape index (κ1) is 13.2. The Bertz CT molecular complexity index is 448. The van der Waals surface area contributed by atoms with E-state index in [1.165, 1.54) is 31.7 Å². The van der Waals surface area contributed by atoms with E-state index < -0.39 is 11.6 Å². The average molecular weight is 252 g/mol.